The molecule has 0 aromatic rings. The number of fused-ring (bicyclic) bond motifs is 1. The number of hydrogen-bond donors (Lipinski definition) is 0. The molecule has 0 radical (unpaired) electrons. The molecule has 0 aromatic heterocycles. The van der Waals surface area contributed by atoms with Gasteiger partial charge in [-0.05, 0) is 38.0 Å². The van der Waals surface area contributed by atoms with E-state index in [-0.39, 0.29) is 6.10 Å². The normalized spacial score (nSPS) is 35.1. The predicted octanol–water partition coefficient (Wildman–Crippen LogP) is 1.87. The molecule has 3 aliphatic rings. The lowest BCUT2D eigenvalue weighted by Gasteiger charge is -2.34. The maximum Gasteiger partial charge on any atom is 0.262 e. The van der Waals surface area contributed by atoms with Crippen LogP contribution < -0.4 is 0 Å². The molecule has 2 atom stereocenters. The van der Waals surface area contributed by atoms with Gasteiger partial charge < -0.3 is 9.47 Å². The molecule has 2 fully saturated rings. The third-order valence-electron chi connectivity index (χ3n) is 4.35. The molecule has 0 bridgehead atoms. The van der Waals surface area contributed by atoms with Crippen molar-refractivity contribution in [2.24, 2.45) is 10.3 Å². The summed E-state index contributed by atoms with van der Waals surface area (Å²) >= 11 is 0. The topological polar surface area (TPSA) is 65.0 Å². The maximum absolute atomic E-state index is 12.2. The SMILES string of the molecule is O=S1(=O)N=C(CC2CCOCC2)OC2CCCCC21. The molecule has 3 rings (SSSR count). The Bertz CT molecular complexity index is 453. The molecular weight excluding hydrogens is 266 g/mol. The van der Waals surface area contributed by atoms with Crippen molar-refractivity contribution in [2.75, 3.05) is 13.2 Å². The molecule has 2 heterocycles. The second-order valence-corrected chi connectivity index (χ2v) is 7.56. The largest absolute Gasteiger partial charge is 0.475 e. The molecule has 1 aliphatic carbocycles. The van der Waals surface area contributed by atoms with Gasteiger partial charge in [0.2, 0.25) is 5.90 Å². The summed E-state index contributed by atoms with van der Waals surface area (Å²) in [5, 5.41) is -0.403. The van der Waals surface area contributed by atoms with E-state index in [1.54, 1.807) is 0 Å². The Morgan fingerprint density at radius 1 is 1.11 bits per heavy atom. The highest BCUT2D eigenvalue weighted by molar-refractivity contribution is 7.91. The minimum atomic E-state index is -3.35. The van der Waals surface area contributed by atoms with Crippen LogP contribution >= 0.6 is 0 Å². The van der Waals surface area contributed by atoms with Crippen LogP contribution in [0.25, 0.3) is 0 Å². The minimum Gasteiger partial charge on any atom is -0.475 e. The van der Waals surface area contributed by atoms with Gasteiger partial charge in [-0.2, -0.15) is 0 Å². The summed E-state index contributed by atoms with van der Waals surface area (Å²) in [6, 6.07) is 0. The Hall–Kier alpha value is -0.620. The Balaban J connectivity index is 1.73. The molecular formula is C13H21NO4S. The first-order valence-corrected chi connectivity index (χ1v) is 8.72. The van der Waals surface area contributed by atoms with Gasteiger partial charge in [-0.25, -0.2) is 8.42 Å². The number of nitrogens with zero attached hydrogens (tertiary/aromatic N) is 1. The highest BCUT2D eigenvalue weighted by atomic mass is 32.2. The zero-order valence-corrected chi connectivity index (χ0v) is 11.9. The maximum atomic E-state index is 12.2. The van der Waals surface area contributed by atoms with E-state index in [1.807, 2.05) is 0 Å². The van der Waals surface area contributed by atoms with Crippen LogP contribution in [-0.4, -0.2) is 38.9 Å². The van der Waals surface area contributed by atoms with Gasteiger partial charge in [-0.1, -0.05) is 6.42 Å². The Kier molecular flexibility index (Phi) is 3.80. The van der Waals surface area contributed by atoms with Gasteiger partial charge >= 0.3 is 0 Å². The van der Waals surface area contributed by atoms with E-state index in [9.17, 15) is 8.42 Å². The van der Waals surface area contributed by atoms with Crippen molar-refractivity contribution in [1.82, 2.24) is 0 Å². The van der Waals surface area contributed by atoms with Crippen LogP contribution in [-0.2, 0) is 19.5 Å². The Morgan fingerprint density at radius 3 is 2.63 bits per heavy atom. The van der Waals surface area contributed by atoms with Crippen molar-refractivity contribution < 1.29 is 17.9 Å². The predicted molar refractivity (Wildman–Crippen MR) is 71.6 cm³/mol. The average Bonchev–Trinajstić information content (AvgIpc) is 2.39. The zero-order chi connectivity index (χ0) is 13.3. The highest BCUT2D eigenvalue weighted by Gasteiger charge is 2.41. The first-order valence-electron chi connectivity index (χ1n) is 7.22. The molecule has 1 saturated heterocycles. The molecule has 2 aliphatic heterocycles. The summed E-state index contributed by atoms with van der Waals surface area (Å²) in [6.45, 7) is 1.52. The van der Waals surface area contributed by atoms with Gasteiger partial charge in [-0.3, -0.25) is 0 Å². The van der Waals surface area contributed by atoms with E-state index in [1.165, 1.54) is 0 Å². The van der Waals surface area contributed by atoms with Crippen molar-refractivity contribution >= 4 is 15.9 Å². The smallest absolute Gasteiger partial charge is 0.262 e. The van der Waals surface area contributed by atoms with Crippen LogP contribution in [0.5, 0.6) is 0 Å². The van der Waals surface area contributed by atoms with Gasteiger partial charge in [0.25, 0.3) is 10.0 Å². The van der Waals surface area contributed by atoms with Crippen molar-refractivity contribution in [1.29, 1.82) is 0 Å². The zero-order valence-electron chi connectivity index (χ0n) is 11.1. The van der Waals surface area contributed by atoms with Crippen molar-refractivity contribution in [3.05, 3.63) is 0 Å². The van der Waals surface area contributed by atoms with Gasteiger partial charge in [-0.15, -0.1) is 4.40 Å². The molecule has 108 valence electrons. The summed E-state index contributed by atoms with van der Waals surface area (Å²) in [6.07, 6.45) is 5.98. The first-order chi connectivity index (χ1) is 9.15. The van der Waals surface area contributed by atoms with Gasteiger partial charge in [0, 0.05) is 19.6 Å². The quantitative estimate of drug-likeness (QED) is 0.777. The van der Waals surface area contributed by atoms with Crippen LogP contribution in [0.3, 0.4) is 0 Å². The molecule has 5 nitrogen and oxygen atoms in total. The first kappa shape index (κ1) is 13.4. The molecule has 2 unspecified atom stereocenters. The molecule has 0 N–H and O–H groups in total. The van der Waals surface area contributed by atoms with Gasteiger partial charge in [0.15, 0.2) is 0 Å². The minimum absolute atomic E-state index is 0.161. The average molecular weight is 287 g/mol. The highest BCUT2D eigenvalue weighted by Crippen LogP contribution is 2.32. The number of ether oxygens (including phenoxy) is 2. The van der Waals surface area contributed by atoms with E-state index in [4.69, 9.17) is 9.47 Å². The molecule has 19 heavy (non-hydrogen) atoms. The van der Waals surface area contributed by atoms with Gasteiger partial charge in [0.1, 0.15) is 11.4 Å². The molecule has 0 spiro atoms. The molecule has 1 saturated carbocycles. The Labute approximate surface area is 114 Å². The third kappa shape index (κ3) is 2.94. The van der Waals surface area contributed by atoms with Crippen molar-refractivity contribution in [3.63, 3.8) is 0 Å². The second kappa shape index (κ2) is 5.40. The van der Waals surface area contributed by atoms with Crippen LogP contribution in [0.1, 0.15) is 44.9 Å². The lowest BCUT2D eigenvalue weighted by molar-refractivity contribution is 0.0640. The number of sulfonamides is 1. The second-order valence-electron chi connectivity index (χ2n) is 5.74. The van der Waals surface area contributed by atoms with E-state index in [0.29, 0.717) is 24.7 Å². The number of hydrogen-bond acceptors (Lipinski definition) is 4. The fraction of sp³-hybridized carbons (Fsp3) is 0.923. The van der Waals surface area contributed by atoms with Crippen LogP contribution in [0.15, 0.2) is 4.40 Å². The third-order valence-corrected chi connectivity index (χ3v) is 6.11. The molecule has 0 amide bonds. The summed E-state index contributed by atoms with van der Waals surface area (Å²) in [7, 11) is -3.35. The molecule has 6 heteroatoms. The summed E-state index contributed by atoms with van der Waals surface area (Å²) < 4.78 is 39.4. The number of rotatable bonds is 2. The monoisotopic (exact) mass is 287 g/mol. The lowest BCUT2D eigenvalue weighted by Crippen LogP contribution is -2.43. The lowest BCUT2D eigenvalue weighted by atomic mass is 9.95. The fourth-order valence-electron chi connectivity index (χ4n) is 3.23. The van der Waals surface area contributed by atoms with E-state index >= 15 is 0 Å². The van der Waals surface area contributed by atoms with Crippen LogP contribution in [0, 0.1) is 5.92 Å². The summed E-state index contributed by atoms with van der Waals surface area (Å²) in [5.41, 5.74) is 0. The van der Waals surface area contributed by atoms with Crippen molar-refractivity contribution in [3.8, 4) is 0 Å². The summed E-state index contributed by atoms with van der Waals surface area (Å²) in [4.78, 5) is 0. The van der Waals surface area contributed by atoms with Crippen LogP contribution in [0.2, 0.25) is 0 Å². The summed E-state index contributed by atoms with van der Waals surface area (Å²) in [5.74, 6) is 0.887. The van der Waals surface area contributed by atoms with Gasteiger partial charge in [0.05, 0.1) is 0 Å². The van der Waals surface area contributed by atoms with E-state index in [0.717, 1.165) is 45.3 Å². The van der Waals surface area contributed by atoms with Crippen molar-refractivity contribution in [2.45, 2.75) is 56.3 Å². The Morgan fingerprint density at radius 2 is 1.84 bits per heavy atom. The molecule has 0 aromatic carbocycles. The fourth-order valence-corrected chi connectivity index (χ4v) is 4.80. The van der Waals surface area contributed by atoms with Crippen LogP contribution in [0.4, 0.5) is 0 Å². The van der Waals surface area contributed by atoms with E-state index < -0.39 is 15.3 Å². The van der Waals surface area contributed by atoms with E-state index in [2.05, 4.69) is 4.40 Å². The standard InChI is InChI=1S/C13H21NO4S/c15-19(16)12-4-2-1-3-11(12)18-13(14-19)9-10-5-7-17-8-6-10/h10-12H,1-9H2.